The van der Waals surface area contributed by atoms with Gasteiger partial charge in [0.15, 0.2) is 6.10 Å². The number of carbonyl (C=O) groups is 2. The Morgan fingerprint density at radius 3 is 1.53 bits per heavy atom. The van der Waals surface area contributed by atoms with Crippen LogP contribution in [0, 0.1) is 0 Å². The van der Waals surface area contributed by atoms with Gasteiger partial charge in [-0.2, -0.15) is 0 Å². The predicted octanol–water partition coefficient (Wildman–Crippen LogP) is 12.2. The van der Waals surface area contributed by atoms with E-state index in [9.17, 15) is 19.0 Å². The van der Waals surface area contributed by atoms with Gasteiger partial charge in [-0.1, -0.05) is 153 Å². The lowest BCUT2D eigenvalue weighted by Gasteiger charge is -2.19. The van der Waals surface area contributed by atoms with Crippen molar-refractivity contribution in [2.45, 2.75) is 200 Å². The molecule has 0 aromatic heterocycles. The van der Waals surface area contributed by atoms with Gasteiger partial charge in [-0.05, 0) is 64.2 Å². The van der Waals surface area contributed by atoms with Crippen molar-refractivity contribution in [1.82, 2.24) is 0 Å². The minimum Gasteiger partial charge on any atom is -0.462 e. The van der Waals surface area contributed by atoms with E-state index in [-0.39, 0.29) is 32.6 Å². The molecule has 0 aromatic carbocycles. The molecule has 0 aliphatic heterocycles. The monoisotopic (exact) mass is 770 g/mol. The molecule has 0 heterocycles. The lowest BCUT2D eigenvalue weighted by molar-refractivity contribution is -0.161. The Morgan fingerprint density at radius 1 is 0.566 bits per heavy atom. The van der Waals surface area contributed by atoms with E-state index < -0.39 is 32.5 Å². The second-order valence-corrected chi connectivity index (χ2v) is 15.7. The van der Waals surface area contributed by atoms with E-state index in [0.717, 1.165) is 44.9 Å². The van der Waals surface area contributed by atoms with Gasteiger partial charge in [0.05, 0.1) is 13.2 Å². The van der Waals surface area contributed by atoms with Crippen molar-refractivity contribution in [3.8, 4) is 0 Å². The highest BCUT2D eigenvalue weighted by Gasteiger charge is 2.25. The van der Waals surface area contributed by atoms with E-state index in [1.54, 1.807) is 0 Å². The van der Waals surface area contributed by atoms with Crippen LogP contribution in [-0.2, 0) is 32.7 Å². The van der Waals surface area contributed by atoms with Gasteiger partial charge in [0.2, 0.25) is 0 Å². The average Bonchev–Trinajstić information content (AvgIpc) is 3.14. The first-order valence-corrected chi connectivity index (χ1v) is 23.0. The van der Waals surface area contributed by atoms with E-state index in [4.69, 9.17) is 24.3 Å². The molecule has 53 heavy (non-hydrogen) atoms. The number of phosphoric ester groups is 1. The van der Waals surface area contributed by atoms with Crippen molar-refractivity contribution in [2.75, 3.05) is 26.4 Å². The Balaban J connectivity index is 4.22. The van der Waals surface area contributed by atoms with E-state index in [1.165, 1.54) is 109 Å². The van der Waals surface area contributed by atoms with Gasteiger partial charge >= 0.3 is 19.8 Å². The molecule has 0 saturated carbocycles. The zero-order valence-electron chi connectivity index (χ0n) is 34.0. The van der Waals surface area contributed by atoms with Gasteiger partial charge in [-0.25, -0.2) is 4.57 Å². The first kappa shape index (κ1) is 51.2. The molecule has 3 N–H and O–H groups in total. The molecule has 0 radical (unpaired) electrons. The van der Waals surface area contributed by atoms with Crippen LogP contribution >= 0.6 is 7.82 Å². The number of unbranched alkanes of at least 4 members (excludes halogenated alkanes) is 21. The average molecular weight is 770 g/mol. The summed E-state index contributed by atoms with van der Waals surface area (Å²) < 4.78 is 32.7. The Hall–Kier alpha value is -1.77. The number of carbonyl (C=O) groups excluding carboxylic acids is 2. The lowest BCUT2D eigenvalue weighted by Crippen LogP contribution is -2.29. The fourth-order valence-corrected chi connectivity index (χ4v) is 6.55. The van der Waals surface area contributed by atoms with Crippen LogP contribution in [-0.4, -0.2) is 49.3 Å². The summed E-state index contributed by atoms with van der Waals surface area (Å²) in [6, 6.07) is 0. The third-order valence-corrected chi connectivity index (χ3v) is 9.98. The molecular formula is C43H80NO8P. The van der Waals surface area contributed by atoms with Gasteiger partial charge in [-0.15, -0.1) is 0 Å². The van der Waals surface area contributed by atoms with Crippen molar-refractivity contribution in [3.05, 3.63) is 36.5 Å². The highest BCUT2D eigenvalue weighted by Crippen LogP contribution is 2.43. The largest absolute Gasteiger partial charge is 0.472 e. The van der Waals surface area contributed by atoms with E-state index >= 15 is 0 Å². The Labute approximate surface area is 324 Å². The third-order valence-electron chi connectivity index (χ3n) is 9.00. The van der Waals surface area contributed by atoms with Crippen molar-refractivity contribution in [3.63, 3.8) is 0 Å². The minimum atomic E-state index is -4.38. The minimum absolute atomic E-state index is 0.0474. The fraction of sp³-hybridized carbons (Fsp3) is 0.814. The molecule has 0 aromatic rings. The Bertz CT molecular complexity index is 970. The predicted molar refractivity (Wildman–Crippen MR) is 220 cm³/mol. The highest BCUT2D eigenvalue weighted by atomic mass is 31.2. The summed E-state index contributed by atoms with van der Waals surface area (Å²) in [5.74, 6) is -0.885. The topological polar surface area (TPSA) is 134 Å². The molecule has 0 amide bonds. The zero-order valence-corrected chi connectivity index (χ0v) is 34.9. The summed E-state index contributed by atoms with van der Waals surface area (Å²) in [7, 11) is -4.38. The Morgan fingerprint density at radius 2 is 1.00 bits per heavy atom. The van der Waals surface area contributed by atoms with Gasteiger partial charge in [0, 0.05) is 19.4 Å². The molecule has 0 rings (SSSR count). The number of rotatable bonds is 40. The van der Waals surface area contributed by atoms with Crippen LogP contribution in [0.2, 0.25) is 0 Å². The van der Waals surface area contributed by atoms with Gasteiger partial charge in [-0.3, -0.25) is 18.6 Å². The van der Waals surface area contributed by atoms with E-state index in [1.807, 2.05) is 0 Å². The zero-order chi connectivity index (χ0) is 38.9. The molecule has 0 bridgehead atoms. The number of allylic oxidation sites excluding steroid dienone is 6. The number of hydrogen-bond donors (Lipinski definition) is 2. The maximum Gasteiger partial charge on any atom is 0.472 e. The second kappa shape index (κ2) is 39.9. The maximum absolute atomic E-state index is 12.6. The standard InChI is InChI=1S/C43H80NO8P/c1-3-5-7-9-11-13-15-17-19-20-22-23-25-27-29-31-33-35-42(45)49-39-41(40-51-53(47,48)50-38-37-44)52-43(46)36-34-32-30-28-26-24-21-18-16-14-12-10-8-6-4-2/h14,16,22-23,27,29,41H,3-13,15,17-21,24-26,28,30-40,44H2,1-2H3,(H,47,48)/b16-14+,23-22+,29-27+/t41-/m1/s1. The summed E-state index contributed by atoms with van der Waals surface area (Å²) in [5, 5.41) is 0. The van der Waals surface area contributed by atoms with Crippen LogP contribution in [0.3, 0.4) is 0 Å². The van der Waals surface area contributed by atoms with Crippen molar-refractivity contribution in [1.29, 1.82) is 0 Å². The molecule has 9 nitrogen and oxygen atoms in total. The molecule has 1 unspecified atom stereocenters. The molecule has 310 valence electrons. The van der Waals surface area contributed by atoms with Crippen LogP contribution in [0.15, 0.2) is 36.5 Å². The van der Waals surface area contributed by atoms with Crippen LogP contribution in [0.4, 0.5) is 0 Å². The van der Waals surface area contributed by atoms with Crippen LogP contribution in [0.25, 0.3) is 0 Å². The normalized spacial score (nSPS) is 13.7. The van der Waals surface area contributed by atoms with Crippen molar-refractivity contribution >= 4 is 19.8 Å². The summed E-state index contributed by atoms with van der Waals surface area (Å²) in [6.07, 6.45) is 43.2. The number of ether oxygens (including phenoxy) is 2. The smallest absolute Gasteiger partial charge is 0.462 e. The third kappa shape index (κ3) is 39.7. The van der Waals surface area contributed by atoms with Gasteiger partial charge in [0.25, 0.3) is 0 Å². The summed E-state index contributed by atoms with van der Waals surface area (Å²) in [5.41, 5.74) is 5.34. The molecule has 0 aliphatic rings. The Kier molecular flexibility index (Phi) is 38.6. The molecular weight excluding hydrogens is 689 g/mol. The lowest BCUT2D eigenvalue weighted by atomic mass is 10.1. The number of phosphoric acid groups is 1. The van der Waals surface area contributed by atoms with Gasteiger partial charge < -0.3 is 20.1 Å². The van der Waals surface area contributed by atoms with Crippen LogP contribution in [0.1, 0.15) is 194 Å². The highest BCUT2D eigenvalue weighted by molar-refractivity contribution is 7.47. The first-order chi connectivity index (χ1) is 25.8. The fourth-order valence-electron chi connectivity index (χ4n) is 5.79. The molecule has 10 heteroatoms. The first-order valence-electron chi connectivity index (χ1n) is 21.5. The molecule has 0 saturated heterocycles. The van der Waals surface area contributed by atoms with Crippen molar-refractivity contribution < 1.29 is 37.6 Å². The summed E-state index contributed by atoms with van der Waals surface area (Å²) in [6.45, 7) is 3.67. The SMILES string of the molecule is CCCCCC/C=C/CCCCCCCCCC(=O)O[C@H](COC(=O)CCC/C=C/C/C=C/CCCCCCCCCCC)COP(=O)(O)OCCN. The van der Waals surface area contributed by atoms with E-state index in [2.05, 4.69) is 50.3 Å². The number of hydrogen-bond acceptors (Lipinski definition) is 8. The van der Waals surface area contributed by atoms with Crippen LogP contribution in [0.5, 0.6) is 0 Å². The van der Waals surface area contributed by atoms with Crippen LogP contribution < -0.4 is 5.73 Å². The molecule has 0 fully saturated rings. The van der Waals surface area contributed by atoms with Gasteiger partial charge in [0.1, 0.15) is 6.61 Å². The molecule has 2 atom stereocenters. The maximum atomic E-state index is 12.6. The second-order valence-electron chi connectivity index (χ2n) is 14.2. The molecule has 0 aliphatic carbocycles. The summed E-state index contributed by atoms with van der Waals surface area (Å²) in [4.78, 5) is 34.8. The number of esters is 2. The van der Waals surface area contributed by atoms with Crippen molar-refractivity contribution in [2.24, 2.45) is 5.73 Å². The molecule has 0 spiro atoms. The number of nitrogens with two attached hydrogens (primary N) is 1. The van der Waals surface area contributed by atoms with E-state index in [0.29, 0.717) is 12.8 Å². The quantitative estimate of drug-likeness (QED) is 0.0270. The summed E-state index contributed by atoms with van der Waals surface area (Å²) >= 11 is 0.